The van der Waals surface area contributed by atoms with Crippen molar-refractivity contribution in [1.82, 2.24) is 24.3 Å². The molecule has 2 aliphatic heterocycles. The fourth-order valence-corrected chi connectivity index (χ4v) is 5.61. The summed E-state index contributed by atoms with van der Waals surface area (Å²) in [6.45, 7) is 7.45. The number of aryl methyl sites for hydroxylation is 1. The number of halogens is 3. The molecule has 2 fully saturated rings. The lowest BCUT2D eigenvalue weighted by Gasteiger charge is -2.33. The van der Waals surface area contributed by atoms with Crippen LogP contribution in [0.4, 0.5) is 30.5 Å². The number of nitrogens with one attached hydrogen (secondary N) is 1. The van der Waals surface area contributed by atoms with Crippen LogP contribution in [-0.2, 0) is 6.18 Å². The maximum absolute atomic E-state index is 13.1. The largest absolute Gasteiger partial charge is 0.417 e. The zero-order chi connectivity index (χ0) is 28.7. The van der Waals surface area contributed by atoms with Crippen molar-refractivity contribution in [2.45, 2.75) is 25.4 Å². The van der Waals surface area contributed by atoms with Crippen LogP contribution in [0.5, 0.6) is 0 Å². The number of benzene rings is 1. The molecule has 0 spiro atoms. The standard InChI is InChI=1S/C29H31F3N8O/c1-19-3-4-20(28(41)36-23-12-22(13-33-14-23)29(30,31)32)11-24(19)21-5-6-39(17-21)27-16-35-25-15-34-26(18-40(25)27)38-9-7-37(2)8-10-38/h3-4,11-16,18,21H,5-10,17H2,1-2H3,(H,36,41)/t21-/m1/s1. The zero-order valence-corrected chi connectivity index (χ0v) is 22.9. The molecule has 12 heteroatoms. The van der Waals surface area contributed by atoms with Gasteiger partial charge < -0.3 is 20.0 Å². The summed E-state index contributed by atoms with van der Waals surface area (Å²) in [6, 6.07) is 6.32. The van der Waals surface area contributed by atoms with Crippen LogP contribution < -0.4 is 15.1 Å². The lowest BCUT2D eigenvalue weighted by atomic mass is 9.92. The number of pyridine rings is 1. The molecule has 0 bridgehead atoms. The summed E-state index contributed by atoms with van der Waals surface area (Å²) in [5.74, 6) is 1.64. The Morgan fingerprint density at radius 3 is 2.56 bits per heavy atom. The van der Waals surface area contributed by atoms with Crippen LogP contribution in [0.1, 0.15) is 39.4 Å². The maximum atomic E-state index is 13.1. The van der Waals surface area contributed by atoms with E-state index in [1.54, 1.807) is 6.07 Å². The molecule has 41 heavy (non-hydrogen) atoms. The number of imidazole rings is 1. The highest BCUT2D eigenvalue weighted by atomic mass is 19.4. The van der Waals surface area contributed by atoms with Crippen molar-refractivity contribution in [2.24, 2.45) is 0 Å². The Balaban J connectivity index is 1.19. The summed E-state index contributed by atoms with van der Waals surface area (Å²) in [5, 5.41) is 2.56. The van der Waals surface area contributed by atoms with Crippen molar-refractivity contribution in [3.63, 3.8) is 0 Å². The van der Waals surface area contributed by atoms with Gasteiger partial charge in [0.25, 0.3) is 5.91 Å². The van der Waals surface area contributed by atoms with Gasteiger partial charge >= 0.3 is 6.18 Å². The number of rotatable bonds is 5. The Kier molecular flexibility index (Phi) is 7.02. The Hall–Kier alpha value is -4.19. The summed E-state index contributed by atoms with van der Waals surface area (Å²) in [5.41, 5.74) is 2.38. The third-order valence-corrected chi connectivity index (χ3v) is 8.01. The predicted molar refractivity (Wildman–Crippen MR) is 151 cm³/mol. The number of carbonyl (C=O) groups is 1. The number of anilines is 3. The molecule has 1 aromatic carbocycles. The second-order valence-corrected chi connectivity index (χ2v) is 10.8. The highest BCUT2D eigenvalue weighted by molar-refractivity contribution is 6.04. The highest BCUT2D eigenvalue weighted by Crippen LogP contribution is 2.34. The molecule has 0 unspecified atom stereocenters. The first-order chi connectivity index (χ1) is 19.7. The van der Waals surface area contributed by atoms with Gasteiger partial charge in [0.1, 0.15) is 11.6 Å². The van der Waals surface area contributed by atoms with Crippen molar-refractivity contribution >= 4 is 28.9 Å². The van der Waals surface area contributed by atoms with Crippen LogP contribution >= 0.6 is 0 Å². The molecule has 0 saturated carbocycles. The first-order valence-electron chi connectivity index (χ1n) is 13.6. The van der Waals surface area contributed by atoms with E-state index in [9.17, 15) is 18.0 Å². The molecular formula is C29H31F3N8O. The number of fused-ring (bicyclic) bond motifs is 1. The van der Waals surface area contributed by atoms with Gasteiger partial charge in [-0.2, -0.15) is 13.2 Å². The van der Waals surface area contributed by atoms with Gasteiger partial charge in [-0.3, -0.25) is 14.2 Å². The number of hydrogen-bond donors (Lipinski definition) is 1. The van der Waals surface area contributed by atoms with Crippen molar-refractivity contribution in [2.75, 3.05) is 61.4 Å². The molecule has 6 rings (SSSR count). The molecule has 1 atom stereocenters. The molecule has 214 valence electrons. The van der Waals surface area contributed by atoms with Gasteiger partial charge in [-0.15, -0.1) is 0 Å². The highest BCUT2D eigenvalue weighted by Gasteiger charge is 2.31. The number of hydrogen-bond acceptors (Lipinski definition) is 7. The zero-order valence-electron chi connectivity index (χ0n) is 22.9. The minimum absolute atomic E-state index is 0.00275. The van der Waals surface area contributed by atoms with Crippen LogP contribution in [0.2, 0.25) is 0 Å². The first-order valence-corrected chi connectivity index (χ1v) is 13.6. The van der Waals surface area contributed by atoms with Crippen molar-refractivity contribution in [3.05, 3.63) is 77.5 Å². The summed E-state index contributed by atoms with van der Waals surface area (Å²) in [7, 11) is 2.13. The Bertz CT molecular complexity index is 1580. The van der Waals surface area contributed by atoms with E-state index in [0.29, 0.717) is 5.56 Å². The lowest BCUT2D eigenvalue weighted by molar-refractivity contribution is -0.137. The van der Waals surface area contributed by atoms with Crippen LogP contribution in [-0.4, -0.2) is 76.5 Å². The predicted octanol–water partition coefficient (Wildman–Crippen LogP) is 4.45. The molecule has 2 aliphatic rings. The van der Waals surface area contributed by atoms with E-state index >= 15 is 0 Å². The van der Waals surface area contributed by atoms with Gasteiger partial charge in [0.2, 0.25) is 0 Å². The third kappa shape index (κ3) is 5.56. The van der Waals surface area contributed by atoms with Crippen molar-refractivity contribution in [1.29, 1.82) is 0 Å². The smallest absolute Gasteiger partial charge is 0.356 e. The van der Waals surface area contributed by atoms with Crippen LogP contribution in [0.15, 0.2) is 55.2 Å². The van der Waals surface area contributed by atoms with E-state index in [-0.39, 0.29) is 11.6 Å². The molecule has 2 saturated heterocycles. The number of likely N-dealkylation sites (N-methyl/N-ethyl adjacent to an activating group) is 1. The second-order valence-electron chi connectivity index (χ2n) is 10.8. The van der Waals surface area contributed by atoms with Gasteiger partial charge in [0.15, 0.2) is 5.65 Å². The quantitative estimate of drug-likeness (QED) is 0.384. The fourth-order valence-electron chi connectivity index (χ4n) is 5.61. The van der Waals surface area contributed by atoms with E-state index in [4.69, 9.17) is 0 Å². The first kappa shape index (κ1) is 27.0. The Morgan fingerprint density at radius 1 is 0.976 bits per heavy atom. The molecular weight excluding hydrogens is 533 g/mol. The monoisotopic (exact) mass is 564 g/mol. The average molecular weight is 565 g/mol. The number of amides is 1. The average Bonchev–Trinajstić information content (AvgIpc) is 3.60. The molecule has 1 amide bonds. The van der Waals surface area contributed by atoms with E-state index < -0.39 is 17.6 Å². The van der Waals surface area contributed by atoms with Crippen LogP contribution in [0.25, 0.3) is 5.65 Å². The van der Waals surface area contributed by atoms with Gasteiger partial charge in [-0.1, -0.05) is 6.07 Å². The number of alkyl halides is 3. The second kappa shape index (κ2) is 10.7. The van der Waals surface area contributed by atoms with E-state index in [0.717, 1.165) is 86.4 Å². The van der Waals surface area contributed by atoms with Gasteiger partial charge in [0, 0.05) is 56.9 Å². The summed E-state index contributed by atoms with van der Waals surface area (Å²) in [6.07, 6.45) is 4.06. The normalized spacial score (nSPS) is 18.3. The molecule has 5 heterocycles. The van der Waals surface area contributed by atoms with Crippen LogP contribution in [0.3, 0.4) is 0 Å². The Labute approximate surface area is 235 Å². The number of carbonyl (C=O) groups excluding carboxylic acids is 1. The number of nitrogens with zero attached hydrogens (tertiary/aromatic N) is 7. The topological polar surface area (TPSA) is 81.9 Å². The van der Waals surface area contributed by atoms with E-state index in [1.165, 1.54) is 6.20 Å². The summed E-state index contributed by atoms with van der Waals surface area (Å²) >= 11 is 0. The van der Waals surface area contributed by atoms with Crippen molar-refractivity contribution in [3.8, 4) is 0 Å². The molecule has 9 nitrogen and oxygen atoms in total. The SMILES string of the molecule is Cc1ccc(C(=O)Nc2cncc(C(F)(F)F)c2)cc1[C@@H]1CCN(c2cnc3cnc(N4CCN(C)CC4)cn23)C1. The fraction of sp³-hybridized carbons (Fsp3) is 0.379. The molecule has 3 aromatic heterocycles. The lowest BCUT2D eigenvalue weighted by Crippen LogP contribution is -2.44. The number of piperazine rings is 1. The molecule has 1 N–H and O–H groups in total. The van der Waals surface area contributed by atoms with E-state index in [2.05, 4.69) is 52.6 Å². The number of aromatic nitrogens is 4. The minimum Gasteiger partial charge on any atom is -0.356 e. The molecule has 4 aromatic rings. The minimum atomic E-state index is -4.54. The summed E-state index contributed by atoms with van der Waals surface area (Å²) in [4.78, 5) is 32.7. The van der Waals surface area contributed by atoms with Crippen LogP contribution in [0, 0.1) is 6.92 Å². The van der Waals surface area contributed by atoms with Crippen molar-refractivity contribution < 1.29 is 18.0 Å². The molecule has 0 radical (unpaired) electrons. The van der Waals surface area contributed by atoms with E-state index in [1.807, 2.05) is 31.5 Å². The molecule has 0 aliphatic carbocycles. The van der Waals surface area contributed by atoms with Gasteiger partial charge in [0.05, 0.1) is 36.0 Å². The van der Waals surface area contributed by atoms with Gasteiger partial charge in [-0.25, -0.2) is 9.97 Å². The third-order valence-electron chi connectivity index (χ3n) is 8.01. The van der Waals surface area contributed by atoms with Gasteiger partial charge in [-0.05, 0) is 49.7 Å². The maximum Gasteiger partial charge on any atom is 0.417 e. The Morgan fingerprint density at radius 2 is 1.78 bits per heavy atom. The summed E-state index contributed by atoms with van der Waals surface area (Å²) < 4.78 is 41.3.